The van der Waals surface area contributed by atoms with Crippen molar-refractivity contribution in [2.75, 3.05) is 0 Å². The van der Waals surface area contributed by atoms with E-state index in [4.69, 9.17) is 0 Å². The summed E-state index contributed by atoms with van der Waals surface area (Å²) in [5.41, 5.74) is 1.96. The monoisotopic (exact) mass is 235 g/mol. The Labute approximate surface area is 98.9 Å². The highest BCUT2D eigenvalue weighted by Gasteiger charge is 1.98. The van der Waals surface area contributed by atoms with E-state index in [0.717, 1.165) is 17.7 Å². The number of benzene rings is 1. The Morgan fingerprint density at radius 2 is 2.12 bits per heavy atom. The molecular weight excluding hydrogens is 221 g/mol. The number of rotatable bonds is 4. The van der Waals surface area contributed by atoms with Crippen molar-refractivity contribution in [3.05, 3.63) is 57.5 Å². The summed E-state index contributed by atoms with van der Waals surface area (Å²) in [5, 5.41) is 5.36. The van der Waals surface area contributed by atoms with Gasteiger partial charge in [0.25, 0.3) is 0 Å². The van der Waals surface area contributed by atoms with E-state index in [0.29, 0.717) is 6.54 Å². The van der Waals surface area contributed by atoms with E-state index in [-0.39, 0.29) is 5.82 Å². The van der Waals surface area contributed by atoms with E-state index in [9.17, 15) is 4.39 Å². The average Bonchev–Trinajstić information content (AvgIpc) is 2.69. The lowest BCUT2D eigenvalue weighted by Crippen LogP contribution is -2.11. The van der Waals surface area contributed by atoms with Crippen LogP contribution in [0.25, 0.3) is 0 Å². The second kappa shape index (κ2) is 5.23. The van der Waals surface area contributed by atoms with Gasteiger partial charge in [0.05, 0.1) is 0 Å². The third kappa shape index (κ3) is 3.15. The molecule has 1 N–H and O–H groups in total. The van der Waals surface area contributed by atoms with Gasteiger partial charge in [-0.25, -0.2) is 4.39 Å². The summed E-state index contributed by atoms with van der Waals surface area (Å²) in [4.78, 5) is 1.30. The fourth-order valence-electron chi connectivity index (χ4n) is 1.66. The Bertz CT molecular complexity index is 431. The molecule has 0 aliphatic rings. The van der Waals surface area contributed by atoms with Crippen LogP contribution in [-0.2, 0) is 13.1 Å². The third-order valence-corrected chi connectivity index (χ3v) is 3.19. The Morgan fingerprint density at radius 1 is 1.25 bits per heavy atom. The first-order valence-electron chi connectivity index (χ1n) is 5.23. The summed E-state index contributed by atoms with van der Waals surface area (Å²) in [6.45, 7) is 3.45. The van der Waals surface area contributed by atoms with Crippen molar-refractivity contribution in [3.8, 4) is 0 Å². The van der Waals surface area contributed by atoms with Crippen LogP contribution in [0.2, 0.25) is 0 Å². The van der Waals surface area contributed by atoms with Gasteiger partial charge in [-0.15, -0.1) is 11.3 Å². The van der Waals surface area contributed by atoms with Crippen LogP contribution in [0, 0.1) is 12.7 Å². The molecule has 2 aromatic rings. The molecule has 16 heavy (non-hydrogen) atoms. The number of thiophene rings is 1. The molecular formula is C13H14FNS. The molecule has 0 saturated heterocycles. The summed E-state index contributed by atoms with van der Waals surface area (Å²) in [7, 11) is 0. The van der Waals surface area contributed by atoms with E-state index in [2.05, 4.69) is 16.8 Å². The van der Waals surface area contributed by atoms with Crippen molar-refractivity contribution < 1.29 is 4.39 Å². The second-order valence-electron chi connectivity index (χ2n) is 3.82. The number of hydrogen-bond donors (Lipinski definition) is 1. The topological polar surface area (TPSA) is 12.0 Å². The van der Waals surface area contributed by atoms with E-state index < -0.39 is 0 Å². The maximum atomic E-state index is 13.1. The summed E-state index contributed by atoms with van der Waals surface area (Å²) >= 11 is 1.73. The number of nitrogens with one attached hydrogen (secondary N) is 1. The van der Waals surface area contributed by atoms with Crippen LogP contribution in [0.15, 0.2) is 35.7 Å². The molecule has 0 aliphatic heterocycles. The van der Waals surface area contributed by atoms with Crippen molar-refractivity contribution in [3.63, 3.8) is 0 Å². The lowest BCUT2D eigenvalue weighted by molar-refractivity contribution is 0.619. The normalized spacial score (nSPS) is 10.6. The molecule has 0 aliphatic carbocycles. The standard InChI is InChI=1S/C13H14FNS/c1-10-5-11(7-12(14)6-10)8-15-9-13-3-2-4-16-13/h2-7,15H,8-9H2,1H3. The predicted molar refractivity (Wildman–Crippen MR) is 66.0 cm³/mol. The van der Waals surface area contributed by atoms with Crippen LogP contribution in [0.3, 0.4) is 0 Å². The molecule has 0 fully saturated rings. The molecule has 3 heteroatoms. The lowest BCUT2D eigenvalue weighted by Gasteiger charge is -2.05. The maximum Gasteiger partial charge on any atom is 0.123 e. The minimum Gasteiger partial charge on any atom is -0.308 e. The number of aryl methyl sites for hydroxylation is 1. The van der Waals surface area contributed by atoms with E-state index in [1.807, 2.05) is 19.1 Å². The highest BCUT2D eigenvalue weighted by molar-refractivity contribution is 7.09. The molecule has 1 heterocycles. The molecule has 0 spiro atoms. The molecule has 0 atom stereocenters. The molecule has 1 aromatic heterocycles. The maximum absolute atomic E-state index is 13.1. The predicted octanol–water partition coefficient (Wildman–Crippen LogP) is 3.49. The van der Waals surface area contributed by atoms with Gasteiger partial charge in [0.1, 0.15) is 5.82 Å². The van der Waals surface area contributed by atoms with Crippen molar-refractivity contribution in [1.82, 2.24) is 5.32 Å². The second-order valence-corrected chi connectivity index (χ2v) is 4.85. The van der Waals surface area contributed by atoms with Crippen LogP contribution in [0.5, 0.6) is 0 Å². The van der Waals surface area contributed by atoms with Gasteiger partial charge in [-0.05, 0) is 41.6 Å². The molecule has 0 saturated carbocycles. The van der Waals surface area contributed by atoms with Gasteiger partial charge in [-0.2, -0.15) is 0 Å². The first kappa shape index (κ1) is 11.3. The van der Waals surface area contributed by atoms with E-state index in [1.54, 1.807) is 23.5 Å². The molecule has 1 aromatic carbocycles. The lowest BCUT2D eigenvalue weighted by atomic mass is 10.1. The SMILES string of the molecule is Cc1cc(F)cc(CNCc2cccs2)c1. The zero-order chi connectivity index (χ0) is 11.4. The highest BCUT2D eigenvalue weighted by atomic mass is 32.1. The summed E-state index contributed by atoms with van der Waals surface area (Å²) in [5.74, 6) is -0.159. The molecule has 0 unspecified atom stereocenters. The smallest absolute Gasteiger partial charge is 0.123 e. The van der Waals surface area contributed by atoms with Gasteiger partial charge >= 0.3 is 0 Å². The Kier molecular flexibility index (Phi) is 3.70. The quantitative estimate of drug-likeness (QED) is 0.855. The Morgan fingerprint density at radius 3 is 2.81 bits per heavy atom. The Balaban J connectivity index is 1.89. The van der Waals surface area contributed by atoms with E-state index in [1.165, 1.54) is 4.88 Å². The fraction of sp³-hybridized carbons (Fsp3) is 0.231. The first-order valence-corrected chi connectivity index (χ1v) is 6.11. The molecule has 2 rings (SSSR count). The van der Waals surface area contributed by atoms with Crippen molar-refractivity contribution in [1.29, 1.82) is 0 Å². The van der Waals surface area contributed by atoms with Gasteiger partial charge < -0.3 is 5.32 Å². The molecule has 84 valence electrons. The van der Waals surface area contributed by atoms with Crippen molar-refractivity contribution >= 4 is 11.3 Å². The third-order valence-electron chi connectivity index (χ3n) is 2.31. The van der Waals surface area contributed by atoms with Gasteiger partial charge in [0.15, 0.2) is 0 Å². The number of hydrogen-bond acceptors (Lipinski definition) is 2. The fourth-order valence-corrected chi connectivity index (χ4v) is 2.33. The van der Waals surface area contributed by atoms with Crippen LogP contribution in [-0.4, -0.2) is 0 Å². The average molecular weight is 235 g/mol. The van der Waals surface area contributed by atoms with Gasteiger partial charge in [0.2, 0.25) is 0 Å². The largest absolute Gasteiger partial charge is 0.308 e. The van der Waals surface area contributed by atoms with Gasteiger partial charge in [0, 0.05) is 18.0 Å². The first-order chi connectivity index (χ1) is 7.74. The van der Waals surface area contributed by atoms with E-state index >= 15 is 0 Å². The zero-order valence-electron chi connectivity index (χ0n) is 9.16. The molecule has 0 radical (unpaired) electrons. The summed E-state index contributed by atoms with van der Waals surface area (Å²) < 4.78 is 13.1. The van der Waals surface area contributed by atoms with Crippen LogP contribution in [0.4, 0.5) is 4.39 Å². The zero-order valence-corrected chi connectivity index (χ0v) is 9.98. The summed E-state index contributed by atoms with van der Waals surface area (Å²) in [6, 6.07) is 9.25. The van der Waals surface area contributed by atoms with Crippen molar-refractivity contribution in [2.45, 2.75) is 20.0 Å². The molecule has 0 bridgehead atoms. The Hall–Kier alpha value is -1.19. The van der Waals surface area contributed by atoms with Crippen LogP contribution < -0.4 is 5.32 Å². The van der Waals surface area contributed by atoms with Crippen LogP contribution in [0.1, 0.15) is 16.0 Å². The summed E-state index contributed by atoms with van der Waals surface area (Å²) in [6.07, 6.45) is 0. The van der Waals surface area contributed by atoms with Gasteiger partial charge in [-0.1, -0.05) is 12.1 Å². The highest BCUT2D eigenvalue weighted by Crippen LogP contribution is 2.10. The van der Waals surface area contributed by atoms with Crippen LogP contribution >= 0.6 is 11.3 Å². The minimum absolute atomic E-state index is 0.159. The molecule has 0 amide bonds. The molecule has 1 nitrogen and oxygen atoms in total. The minimum atomic E-state index is -0.159. The van der Waals surface area contributed by atoms with Gasteiger partial charge in [-0.3, -0.25) is 0 Å². The van der Waals surface area contributed by atoms with Crippen molar-refractivity contribution in [2.24, 2.45) is 0 Å². The number of halogens is 1.